The van der Waals surface area contributed by atoms with Crippen LogP contribution in [0.3, 0.4) is 0 Å². The lowest BCUT2D eigenvalue weighted by molar-refractivity contribution is -0.153. The predicted molar refractivity (Wildman–Crippen MR) is 132 cm³/mol. The number of aryl methyl sites for hydroxylation is 1. The fraction of sp³-hybridized carbons (Fsp3) is 0.667. The minimum absolute atomic E-state index is 0. The highest BCUT2D eigenvalue weighted by Gasteiger charge is 2.32. The van der Waals surface area contributed by atoms with Crippen LogP contribution in [0.4, 0.5) is 13.2 Å². The van der Waals surface area contributed by atoms with Crippen molar-refractivity contribution in [1.82, 2.24) is 10.6 Å². The van der Waals surface area contributed by atoms with Crippen molar-refractivity contribution < 1.29 is 22.6 Å². The summed E-state index contributed by atoms with van der Waals surface area (Å²) >= 11 is 1.94. The Morgan fingerprint density at radius 2 is 1.94 bits per heavy atom. The van der Waals surface area contributed by atoms with Gasteiger partial charge in [0, 0.05) is 36.6 Å². The number of nitrogens with zero attached hydrogens (tertiary/aromatic N) is 1. The fourth-order valence-corrected chi connectivity index (χ4v) is 4.50. The molecule has 2 rings (SSSR count). The molecule has 31 heavy (non-hydrogen) atoms. The number of ether oxygens (including phenoxy) is 2. The van der Waals surface area contributed by atoms with E-state index in [1.165, 1.54) is 0 Å². The van der Waals surface area contributed by atoms with Crippen LogP contribution in [-0.4, -0.2) is 55.5 Å². The number of alkyl halides is 3. The number of rotatable bonds is 9. The molecule has 0 unspecified atom stereocenters. The van der Waals surface area contributed by atoms with Gasteiger partial charge in [-0.25, -0.2) is 4.99 Å². The van der Waals surface area contributed by atoms with Gasteiger partial charge in [-0.2, -0.15) is 24.9 Å². The number of benzene rings is 1. The van der Waals surface area contributed by atoms with E-state index >= 15 is 0 Å². The van der Waals surface area contributed by atoms with Gasteiger partial charge in [0.15, 0.2) is 12.6 Å². The molecule has 5 nitrogen and oxygen atoms in total. The van der Waals surface area contributed by atoms with E-state index in [4.69, 9.17) is 9.47 Å². The SMILES string of the molecule is CCNC(=NCc1ccc(C)cc1OCC(F)(F)F)NCC1(SCC)CCOCC1.I. The maximum absolute atomic E-state index is 12.6. The third-order valence-electron chi connectivity index (χ3n) is 4.80. The Bertz CT molecular complexity index is 693. The lowest BCUT2D eigenvalue weighted by atomic mass is 9.99. The third-order valence-corrected chi connectivity index (χ3v) is 6.25. The monoisotopic (exact) mass is 575 g/mol. The zero-order valence-corrected chi connectivity index (χ0v) is 21.5. The van der Waals surface area contributed by atoms with Crippen molar-refractivity contribution in [2.75, 3.05) is 38.7 Å². The third kappa shape index (κ3) is 10.1. The van der Waals surface area contributed by atoms with Crippen LogP contribution in [0, 0.1) is 6.92 Å². The summed E-state index contributed by atoms with van der Waals surface area (Å²) in [5.41, 5.74) is 1.45. The summed E-state index contributed by atoms with van der Waals surface area (Å²) in [4.78, 5) is 4.59. The van der Waals surface area contributed by atoms with Gasteiger partial charge in [-0.05, 0) is 44.1 Å². The van der Waals surface area contributed by atoms with Gasteiger partial charge in [0.05, 0.1) is 6.54 Å². The first kappa shape index (κ1) is 28.2. The summed E-state index contributed by atoms with van der Waals surface area (Å²) in [6.07, 6.45) is -2.42. The second kappa shape index (κ2) is 13.6. The van der Waals surface area contributed by atoms with Crippen molar-refractivity contribution in [1.29, 1.82) is 0 Å². The minimum atomic E-state index is -4.38. The first-order valence-electron chi connectivity index (χ1n) is 10.3. The van der Waals surface area contributed by atoms with Gasteiger partial charge in [-0.15, -0.1) is 24.0 Å². The van der Waals surface area contributed by atoms with Crippen molar-refractivity contribution in [3.8, 4) is 5.75 Å². The van der Waals surface area contributed by atoms with Crippen LogP contribution >= 0.6 is 35.7 Å². The summed E-state index contributed by atoms with van der Waals surface area (Å²) < 4.78 is 48.4. The molecule has 0 spiro atoms. The van der Waals surface area contributed by atoms with Crippen molar-refractivity contribution >= 4 is 41.7 Å². The molecule has 1 aromatic rings. The van der Waals surface area contributed by atoms with Gasteiger partial charge in [0.25, 0.3) is 0 Å². The summed E-state index contributed by atoms with van der Waals surface area (Å²) in [6, 6.07) is 5.23. The molecule has 0 radical (unpaired) electrons. The van der Waals surface area contributed by atoms with Crippen LogP contribution in [0.2, 0.25) is 0 Å². The van der Waals surface area contributed by atoms with Crippen molar-refractivity contribution in [2.24, 2.45) is 4.99 Å². The average molecular weight is 575 g/mol. The van der Waals surface area contributed by atoms with Crippen molar-refractivity contribution in [3.63, 3.8) is 0 Å². The minimum Gasteiger partial charge on any atom is -0.484 e. The Kier molecular flexibility index (Phi) is 12.4. The van der Waals surface area contributed by atoms with E-state index in [1.54, 1.807) is 12.1 Å². The topological polar surface area (TPSA) is 54.9 Å². The molecule has 0 saturated carbocycles. The van der Waals surface area contributed by atoms with E-state index in [0.717, 1.165) is 43.9 Å². The number of thioether (sulfide) groups is 1. The number of halogens is 4. The highest BCUT2D eigenvalue weighted by atomic mass is 127. The van der Waals surface area contributed by atoms with E-state index in [0.29, 0.717) is 18.1 Å². The normalized spacial score (nSPS) is 16.4. The number of guanidine groups is 1. The standard InChI is InChI=1S/C21H32F3N3O2S.HI/c1-4-25-19(27-14-20(30-5-2)8-10-28-11-9-20)26-13-17-7-6-16(3)12-18(17)29-15-21(22,23)24;/h6-7,12H,4-5,8-11,13-15H2,1-3H3,(H2,25,26,27);1H. The van der Waals surface area contributed by atoms with Crippen LogP contribution in [-0.2, 0) is 11.3 Å². The Morgan fingerprint density at radius 3 is 2.55 bits per heavy atom. The van der Waals surface area contributed by atoms with Gasteiger partial charge in [-0.1, -0.05) is 19.1 Å². The number of hydrogen-bond acceptors (Lipinski definition) is 4. The maximum Gasteiger partial charge on any atom is 0.422 e. The van der Waals surface area contributed by atoms with Crippen LogP contribution in [0.5, 0.6) is 5.75 Å². The smallest absolute Gasteiger partial charge is 0.422 e. The molecule has 0 aliphatic carbocycles. The molecule has 1 fully saturated rings. The molecular weight excluding hydrogens is 542 g/mol. The number of aliphatic imine (C=N–C) groups is 1. The van der Waals surface area contributed by atoms with Gasteiger partial charge in [0.1, 0.15) is 5.75 Å². The molecule has 1 aliphatic heterocycles. The second-order valence-corrected chi connectivity index (χ2v) is 9.02. The highest BCUT2D eigenvalue weighted by Crippen LogP contribution is 2.34. The largest absolute Gasteiger partial charge is 0.484 e. The van der Waals surface area contributed by atoms with Gasteiger partial charge < -0.3 is 20.1 Å². The van der Waals surface area contributed by atoms with Crippen molar-refractivity contribution in [2.45, 2.75) is 51.1 Å². The predicted octanol–water partition coefficient (Wildman–Crippen LogP) is 4.91. The second-order valence-electron chi connectivity index (χ2n) is 7.29. The molecule has 2 N–H and O–H groups in total. The first-order valence-corrected chi connectivity index (χ1v) is 11.3. The average Bonchev–Trinajstić information content (AvgIpc) is 2.70. The molecule has 0 aromatic heterocycles. The fourth-order valence-electron chi connectivity index (χ4n) is 3.26. The Hall–Kier alpha value is -0.880. The van der Waals surface area contributed by atoms with Gasteiger partial charge in [-0.3, -0.25) is 0 Å². The first-order chi connectivity index (χ1) is 14.3. The van der Waals surface area contributed by atoms with Crippen LogP contribution in [0.15, 0.2) is 23.2 Å². The maximum atomic E-state index is 12.6. The molecule has 1 aromatic carbocycles. The molecular formula is C21H33F3IN3O2S. The number of hydrogen-bond donors (Lipinski definition) is 2. The Balaban J connectivity index is 0.00000480. The lowest BCUT2D eigenvalue weighted by Crippen LogP contribution is -2.48. The van der Waals surface area contributed by atoms with Gasteiger partial charge in [0.2, 0.25) is 0 Å². The van der Waals surface area contributed by atoms with Crippen LogP contribution in [0.1, 0.15) is 37.8 Å². The quantitative estimate of drug-likeness (QED) is 0.249. The summed E-state index contributed by atoms with van der Waals surface area (Å²) in [5, 5.41) is 6.63. The van der Waals surface area contributed by atoms with E-state index in [1.807, 2.05) is 31.7 Å². The van der Waals surface area contributed by atoms with E-state index in [2.05, 4.69) is 22.5 Å². The molecule has 10 heteroatoms. The summed E-state index contributed by atoms with van der Waals surface area (Å²) in [7, 11) is 0. The van der Waals surface area contributed by atoms with E-state index in [-0.39, 0.29) is 41.0 Å². The van der Waals surface area contributed by atoms with Crippen LogP contribution < -0.4 is 15.4 Å². The van der Waals surface area contributed by atoms with Crippen LogP contribution in [0.25, 0.3) is 0 Å². The zero-order chi connectivity index (χ0) is 22.0. The molecule has 0 bridgehead atoms. The molecule has 1 saturated heterocycles. The number of nitrogens with one attached hydrogen (secondary N) is 2. The van der Waals surface area contributed by atoms with E-state index < -0.39 is 12.8 Å². The molecule has 1 heterocycles. The molecule has 1 aliphatic rings. The van der Waals surface area contributed by atoms with Gasteiger partial charge >= 0.3 is 6.18 Å². The van der Waals surface area contributed by atoms with Crippen molar-refractivity contribution in [3.05, 3.63) is 29.3 Å². The Morgan fingerprint density at radius 1 is 1.23 bits per heavy atom. The molecule has 0 amide bonds. The summed E-state index contributed by atoms with van der Waals surface area (Å²) in [6.45, 7) is 7.81. The van der Waals surface area contributed by atoms with E-state index in [9.17, 15) is 13.2 Å². The highest BCUT2D eigenvalue weighted by molar-refractivity contribution is 14.0. The zero-order valence-electron chi connectivity index (χ0n) is 18.3. The summed E-state index contributed by atoms with van der Waals surface area (Å²) in [5.74, 6) is 1.88. The molecule has 0 atom stereocenters. The lowest BCUT2D eigenvalue weighted by Gasteiger charge is -2.37. The Labute approximate surface area is 204 Å². The molecule has 178 valence electrons.